The summed E-state index contributed by atoms with van der Waals surface area (Å²) in [6, 6.07) is 16.4. The summed E-state index contributed by atoms with van der Waals surface area (Å²) in [5.74, 6) is -0.605. The number of carbonyl (C=O) groups is 1. The number of furan rings is 1. The second-order valence-corrected chi connectivity index (χ2v) is 8.93. The number of hydrogen-bond donors (Lipinski definition) is 1. The van der Waals surface area contributed by atoms with Gasteiger partial charge in [0.2, 0.25) is 17.3 Å². The maximum atomic E-state index is 12.7. The van der Waals surface area contributed by atoms with E-state index in [1.54, 1.807) is 45.0 Å². The molecular weight excluding hydrogens is 421 g/mol. The minimum atomic E-state index is -0.712. The predicted molar refractivity (Wildman–Crippen MR) is 120 cm³/mol. The molecule has 0 aliphatic carbocycles. The molecule has 0 fully saturated rings. The SMILES string of the molecule is CC(C)(C)C(=O)c1oc2nc(-c3ccccc3Cl)c(-c3ccc(Cl)cc3)cc2c1O. The van der Waals surface area contributed by atoms with Gasteiger partial charge in [-0.2, -0.15) is 0 Å². The van der Waals surface area contributed by atoms with Crippen LogP contribution in [0.25, 0.3) is 33.5 Å². The monoisotopic (exact) mass is 439 g/mol. The Morgan fingerprint density at radius 1 is 1.00 bits per heavy atom. The van der Waals surface area contributed by atoms with Crippen molar-refractivity contribution in [2.75, 3.05) is 0 Å². The highest BCUT2D eigenvalue weighted by Gasteiger charge is 2.31. The van der Waals surface area contributed by atoms with Crippen molar-refractivity contribution < 1.29 is 14.3 Å². The number of carbonyl (C=O) groups excluding carboxylic acids is 1. The molecule has 4 rings (SSSR count). The quantitative estimate of drug-likeness (QED) is 0.337. The van der Waals surface area contributed by atoms with Crippen LogP contribution in [-0.4, -0.2) is 15.9 Å². The third-order valence-corrected chi connectivity index (χ3v) is 5.41. The van der Waals surface area contributed by atoms with Crippen LogP contribution in [0.1, 0.15) is 31.3 Å². The van der Waals surface area contributed by atoms with Crippen molar-refractivity contribution in [1.82, 2.24) is 4.98 Å². The highest BCUT2D eigenvalue weighted by molar-refractivity contribution is 6.33. The van der Waals surface area contributed by atoms with Crippen LogP contribution in [0.2, 0.25) is 10.0 Å². The number of aromatic nitrogens is 1. The number of Topliss-reactive ketones (excluding diaryl/α,β-unsaturated/α-hetero) is 1. The van der Waals surface area contributed by atoms with Gasteiger partial charge in [-0.1, -0.05) is 74.3 Å². The zero-order valence-corrected chi connectivity index (χ0v) is 18.2. The Balaban J connectivity index is 2.03. The molecule has 0 amide bonds. The Hall–Kier alpha value is -2.82. The number of pyridine rings is 1. The van der Waals surface area contributed by atoms with Crippen molar-refractivity contribution in [3.8, 4) is 28.1 Å². The number of nitrogens with zero attached hydrogens (tertiary/aromatic N) is 1. The summed E-state index contributed by atoms with van der Waals surface area (Å²) >= 11 is 12.5. The number of halogens is 2. The van der Waals surface area contributed by atoms with Crippen molar-refractivity contribution in [1.29, 1.82) is 0 Å². The van der Waals surface area contributed by atoms with E-state index in [-0.39, 0.29) is 23.0 Å². The molecule has 6 heteroatoms. The van der Waals surface area contributed by atoms with E-state index in [1.165, 1.54) is 0 Å². The van der Waals surface area contributed by atoms with E-state index in [9.17, 15) is 9.90 Å². The van der Waals surface area contributed by atoms with E-state index >= 15 is 0 Å². The Morgan fingerprint density at radius 3 is 2.30 bits per heavy atom. The van der Waals surface area contributed by atoms with Crippen LogP contribution in [-0.2, 0) is 0 Å². The number of hydrogen-bond acceptors (Lipinski definition) is 4. The molecule has 2 aromatic carbocycles. The first-order valence-corrected chi connectivity index (χ1v) is 10.1. The average molecular weight is 440 g/mol. The first-order valence-electron chi connectivity index (χ1n) is 9.39. The van der Waals surface area contributed by atoms with Gasteiger partial charge in [-0.15, -0.1) is 0 Å². The van der Waals surface area contributed by atoms with Gasteiger partial charge in [-0.05, 0) is 29.8 Å². The van der Waals surface area contributed by atoms with Gasteiger partial charge in [-0.3, -0.25) is 4.79 Å². The van der Waals surface area contributed by atoms with Crippen LogP contribution in [0.15, 0.2) is 59.0 Å². The summed E-state index contributed by atoms with van der Waals surface area (Å²) in [5.41, 5.74) is 2.33. The molecule has 4 nitrogen and oxygen atoms in total. The normalized spacial score (nSPS) is 11.8. The van der Waals surface area contributed by atoms with E-state index in [0.717, 1.165) is 11.1 Å². The maximum Gasteiger partial charge on any atom is 0.231 e. The fraction of sp³-hybridized carbons (Fsp3) is 0.167. The predicted octanol–water partition coefficient (Wildman–Crippen LogP) is 7.40. The third kappa shape index (κ3) is 3.57. The second-order valence-electron chi connectivity index (χ2n) is 8.08. The third-order valence-electron chi connectivity index (χ3n) is 4.83. The molecule has 4 aromatic rings. The van der Waals surface area contributed by atoms with Crippen LogP contribution < -0.4 is 0 Å². The zero-order valence-electron chi connectivity index (χ0n) is 16.7. The Bertz CT molecular complexity index is 1270. The lowest BCUT2D eigenvalue weighted by atomic mass is 9.89. The molecule has 0 aliphatic rings. The van der Waals surface area contributed by atoms with Crippen LogP contribution in [0.3, 0.4) is 0 Å². The molecule has 152 valence electrons. The first-order chi connectivity index (χ1) is 14.2. The van der Waals surface area contributed by atoms with Crippen molar-refractivity contribution in [3.63, 3.8) is 0 Å². The fourth-order valence-corrected chi connectivity index (χ4v) is 3.56. The van der Waals surface area contributed by atoms with Gasteiger partial charge in [0, 0.05) is 26.6 Å². The first kappa shape index (κ1) is 20.5. The van der Waals surface area contributed by atoms with Gasteiger partial charge < -0.3 is 9.52 Å². The lowest BCUT2D eigenvalue weighted by molar-refractivity contribution is 0.0826. The van der Waals surface area contributed by atoms with E-state index in [2.05, 4.69) is 4.98 Å². The van der Waals surface area contributed by atoms with Gasteiger partial charge in [0.15, 0.2) is 5.75 Å². The Morgan fingerprint density at radius 2 is 1.67 bits per heavy atom. The second kappa shape index (κ2) is 7.46. The van der Waals surface area contributed by atoms with Crippen molar-refractivity contribution in [2.45, 2.75) is 20.8 Å². The van der Waals surface area contributed by atoms with Crippen molar-refractivity contribution in [2.24, 2.45) is 5.41 Å². The minimum absolute atomic E-state index is 0.0941. The molecule has 0 atom stereocenters. The highest BCUT2D eigenvalue weighted by Crippen LogP contribution is 2.42. The highest BCUT2D eigenvalue weighted by atomic mass is 35.5. The summed E-state index contributed by atoms with van der Waals surface area (Å²) in [7, 11) is 0. The molecule has 0 bridgehead atoms. The molecule has 0 saturated heterocycles. The molecule has 1 N–H and O–H groups in total. The van der Waals surface area contributed by atoms with E-state index in [4.69, 9.17) is 27.6 Å². The molecule has 2 heterocycles. The lowest BCUT2D eigenvalue weighted by Crippen LogP contribution is -2.19. The van der Waals surface area contributed by atoms with Crippen LogP contribution in [0.5, 0.6) is 5.75 Å². The van der Waals surface area contributed by atoms with E-state index in [1.807, 2.05) is 30.3 Å². The number of benzene rings is 2. The topological polar surface area (TPSA) is 63.3 Å². The molecular formula is C24H19Cl2NO3. The lowest BCUT2D eigenvalue weighted by Gasteiger charge is -2.14. The van der Waals surface area contributed by atoms with Crippen molar-refractivity contribution >= 4 is 40.1 Å². The molecule has 0 unspecified atom stereocenters. The van der Waals surface area contributed by atoms with Crippen LogP contribution >= 0.6 is 23.2 Å². The van der Waals surface area contributed by atoms with Crippen molar-refractivity contribution in [3.05, 3.63) is 70.4 Å². The molecule has 0 aliphatic heterocycles. The summed E-state index contributed by atoms with van der Waals surface area (Å²) in [4.78, 5) is 17.4. The van der Waals surface area contributed by atoms with E-state index in [0.29, 0.717) is 26.7 Å². The average Bonchev–Trinajstić information content (AvgIpc) is 3.02. The molecule has 0 radical (unpaired) electrons. The van der Waals surface area contributed by atoms with Crippen LogP contribution in [0, 0.1) is 5.41 Å². The minimum Gasteiger partial charge on any atom is -0.504 e. The number of fused-ring (bicyclic) bond motifs is 1. The molecule has 0 saturated carbocycles. The van der Waals surface area contributed by atoms with Gasteiger partial charge >= 0.3 is 0 Å². The molecule has 2 aromatic heterocycles. The van der Waals surface area contributed by atoms with Gasteiger partial charge in [0.25, 0.3) is 0 Å². The molecule has 30 heavy (non-hydrogen) atoms. The maximum absolute atomic E-state index is 12.7. The number of rotatable bonds is 3. The van der Waals surface area contributed by atoms with Gasteiger partial charge in [-0.25, -0.2) is 4.98 Å². The Labute approximate surface area is 184 Å². The van der Waals surface area contributed by atoms with E-state index < -0.39 is 5.41 Å². The number of aromatic hydroxyl groups is 1. The largest absolute Gasteiger partial charge is 0.504 e. The van der Waals surface area contributed by atoms with Gasteiger partial charge in [0.1, 0.15) is 0 Å². The zero-order chi connectivity index (χ0) is 21.6. The fourth-order valence-electron chi connectivity index (χ4n) is 3.21. The summed E-state index contributed by atoms with van der Waals surface area (Å²) in [6.07, 6.45) is 0. The van der Waals surface area contributed by atoms with Gasteiger partial charge in [0.05, 0.1) is 11.1 Å². The smallest absolute Gasteiger partial charge is 0.231 e. The Kier molecular flexibility index (Phi) is 5.08. The summed E-state index contributed by atoms with van der Waals surface area (Å²) in [6.45, 7) is 5.30. The standard InChI is InChI=1S/C24H19Cl2NO3/c1-24(2,3)22(29)21-20(28)17-12-16(13-8-10-14(25)11-9-13)19(27-23(17)30-21)15-6-4-5-7-18(15)26/h4-12,28H,1-3H3. The number of ketones is 1. The van der Waals surface area contributed by atoms with Crippen LogP contribution in [0.4, 0.5) is 0 Å². The summed E-state index contributed by atoms with van der Waals surface area (Å²) in [5, 5.41) is 12.3. The summed E-state index contributed by atoms with van der Waals surface area (Å²) < 4.78 is 5.72. The molecule has 0 spiro atoms.